The van der Waals surface area contributed by atoms with E-state index in [0.29, 0.717) is 22.6 Å². The first kappa shape index (κ1) is 19.9. The molecule has 0 radical (unpaired) electrons. The van der Waals surface area contributed by atoms with Crippen molar-refractivity contribution in [3.63, 3.8) is 0 Å². The van der Waals surface area contributed by atoms with Gasteiger partial charge >= 0.3 is 0 Å². The Hall–Kier alpha value is -1.45. The number of benzene rings is 2. The molecule has 9 heteroatoms. The van der Waals surface area contributed by atoms with Crippen LogP contribution in [0.1, 0.15) is 16.7 Å². The molecular formula is C16H19ClN2O4S2. The predicted octanol–water partition coefficient (Wildman–Crippen LogP) is 2.13. The molecule has 0 fully saturated rings. The maximum atomic E-state index is 12.4. The van der Waals surface area contributed by atoms with Crippen LogP contribution in [-0.2, 0) is 26.5 Å². The molecule has 0 aliphatic rings. The van der Waals surface area contributed by atoms with Gasteiger partial charge in [-0.1, -0.05) is 23.7 Å². The lowest BCUT2D eigenvalue weighted by molar-refractivity contribution is 0.581. The van der Waals surface area contributed by atoms with Crippen molar-refractivity contribution in [2.45, 2.75) is 30.1 Å². The molecule has 6 nitrogen and oxygen atoms in total. The van der Waals surface area contributed by atoms with Gasteiger partial charge in [0.1, 0.15) is 0 Å². The van der Waals surface area contributed by atoms with Crippen molar-refractivity contribution in [1.29, 1.82) is 0 Å². The van der Waals surface area contributed by atoms with E-state index >= 15 is 0 Å². The molecule has 0 saturated heterocycles. The number of primary sulfonamides is 1. The fourth-order valence-electron chi connectivity index (χ4n) is 2.30. The van der Waals surface area contributed by atoms with Crippen LogP contribution in [-0.4, -0.2) is 23.4 Å². The largest absolute Gasteiger partial charge is 0.240 e. The highest BCUT2D eigenvalue weighted by Crippen LogP contribution is 2.23. The standard InChI is InChI=1S/C16H19ClN2O4S2/c1-11-10-16(12(2)9-15(11)17)25(22,23)19-8-7-13-3-5-14(6-4-13)24(18,20)21/h3-6,9-10,19H,7-8H2,1-2H3,(H2,18,20,21). The molecule has 2 aromatic rings. The highest BCUT2D eigenvalue weighted by atomic mass is 35.5. The first-order chi connectivity index (χ1) is 11.5. The summed E-state index contributed by atoms with van der Waals surface area (Å²) in [6, 6.07) is 9.16. The molecule has 0 aromatic heterocycles. The lowest BCUT2D eigenvalue weighted by Gasteiger charge is -2.11. The molecule has 0 aliphatic carbocycles. The van der Waals surface area contributed by atoms with Crippen molar-refractivity contribution < 1.29 is 16.8 Å². The number of nitrogens with two attached hydrogens (primary N) is 1. The highest BCUT2D eigenvalue weighted by Gasteiger charge is 2.17. The Balaban J connectivity index is 2.07. The Bertz CT molecular complexity index is 986. The monoisotopic (exact) mass is 402 g/mol. The fraction of sp³-hybridized carbons (Fsp3) is 0.250. The van der Waals surface area contributed by atoms with Crippen LogP contribution in [0.25, 0.3) is 0 Å². The molecule has 3 N–H and O–H groups in total. The van der Waals surface area contributed by atoms with Gasteiger partial charge in [0.25, 0.3) is 0 Å². The summed E-state index contributed by atoms with van der Waals surface area (Å²) in [4.78, 5) is 0.211. The molecule has 0 bridgehead atoms. The van der Waals surface area contributed by atoms with Crippen molar-refractivity contribution in [1.82, 2.24) is 4.72 Å². The van der Waals surface area contributed by atoms with Crippen molar-refractivity contribution >= 4 is 31.6 Å². The lowest BCUT2D eigenvalue weighted by Crippen LogP contribution is -2.26. The lowest BCUT2D eigenvalue weighted by atomic mass is 10.2. The third kappa shape index (κ3) is 5.02. The summed E-state index contributed by atoms with van der Waals surface area (Å²) in [5.41, 5.74) is 2.05. The average Bonchev–Trinajstić information content (AvgIpc) is 2.50. The van der Waals surface area contributed by atoms with Gasteiger partial charge < -0.3 is 0 Å². The van der Waals surface area contributed by atoms with Gasteiger partial charge in [-0.05, 0) is 61.2 Å². The van der Waals surface area contributed by atoms with Crippen molar-refractivity contribution in [2.75, 3.05) is 6.54 Å². The van der Waals surface area contributed by atoms with Crippen LogP contribution in [0.15, 0.2) is 46.2 Å². The van der Waals surface area contributed by atoms with E-state index in [4.69, 9.17) is 16.7 Å². The van der Waals surface area contributed by atoms with Crippen LogP contribution in [0.3, 0.4) is 0 Å². The van der Waals surface area contributed by atoms with Gasteiger partial charge in [-0.3, -0.25) is 0 Å². The minimum atomic E-state index is -3.73. The van der Waals surface area contributed by atoms with Crippen molar-refractivity contribution in [3.05, 3.63) is 58.1 Å². The van der Waals surface area contributed by atoms with Gasteiger partial charge in [-0.25, -0.2) is 26.7 Å². The smallest absolute Gasteiger partial charge is 0.225 e. The Labute approximate surface area is 153 Å². The molecular weight excluding hydrogens is 384 g/mol. The normalized spacial score (nSPS) is 12.3. The number of sulfonamides is 2. The summed E-state index contributed by atoms with van der Waals surface area (Å²) in [6.07, 6.45) is 0.412. The third-order valence-corrected chi connectivity index (χ3v) is 6.64. The highest BCUT2D eigenvalue weighted by molar-refractivity contribution is 7.89. The van der Waals surface area contributed by atoms with Crippen LogP contribution < -0.4 is 9.86 Å². The minimum absolute atomic E-state index is 0.0177. The Kier molecular flexibility index (Phi) is 5.90. The Morgan fingerprint density at radius 2 is 1.60 bits per heavy atom. The quantitative estimate of drug-likeness (QED) is 0.771. The van der Waals surface area contributed by atoms with Crippen molar-refractivity contribution in [2.24, 2.45) is 5.14 Å². The average molecular weight is 403 g/mol. The summed E-state index contributed by atoms with van der Waals surface area (Å²) in [5, 5.41) is 5.56. The van der Waals surface area contributed by atoms with Gasteiger partial charge in [0.15, 0.2) is 0 Å². The Morgan fingerprint density at radius 1 is 1.00 bits per heavy atom. The minimum Gasteiger partial charge on any atom is -0.225 e. The topological polar surface area (TPSA) is 106 Å². The predicted molar refractivity (Wildman–Crippen MR) is 97.6 cm³/mol. The first-order valence-electron chi connectivity index (χ1n) is 7.39. The number of halogens is 1. The number of nitrogens with one attached hydrogen (secondary N) is 1. The molecule has 2 rings (SSSR count). The van der Waals surface area contributed by atoms with E-state index in [1.807, 2.05) is 0 Å². The SMILES string of the molecule is Cc1cc(S(=O)(=O)NCCc2ccc(S(N)(=O)=O)cc2)c(C)cc1Cl. The molecule has 2 aromatic carbocycles. The molecule has 0 heterocycles. The van der Waals surface area contributed by atoms with Crippen LogP contribution in [0.4, 0.5) is 0 Å². The molecule has 0 unspecified atom stereocenters. The van der Waals surface area contributed by atoms with E-state index in [1.165, 1.54) is 12.1 Å². The van der Waals surface area contributed by atoms with E-state index in [-0.39, 0.29) is 16.3 Å². The Morgan fingerprint density at radius 3 is 2.16 bits per heavy atom. The second-order valence-electron chi connectivity index (χ2n) is 5.70. The maximum Gasteiger partial charge on any atom is 0.240 e. The van der Waals surface area contributed by atoms with Gasteiger partial charge in [0, 0.05) is 11.6 Å². The van der Waals surface area contributed by atoms with E-state index in [1.54, 1.807) is 38.1 Å². The summed E-state index contributed by atoms with van der Waals surface area (Å²) < 4.78 is 49.8. The zero-order chi connectivity index (χ0) is 18.8. The molecule has 0 spiro atoms. The van der Waals surface area contributed by atoms with Crippen LogP contribution >= 0.6 is 11.6 Å². The third-order valence-electron chi connectivity index (χ3n) is 3.70. The molecule has 136 valence electrons. The fourth-order valence-corrected chi connectivity index (χ4v) is 4.37. The maximum absolute atomic E-state index is 12.4. The van der Waals surface area contributed by atoms with Gasteiger partial charge in [0.05, 0.1) is 9.79 Å². The van der Waals surface area contributed by atoms with Gasteiger partial charge in [-0.15, -0.1) is 0 Å². The molecule has 0 saturated carbocycles. The number of rotatable bonds is 6. The first-order valence-corrected chi connectivity index (χ1v) is 10.8. The number of aryl methyl sites for hydroxylation is 2. The summed E-state index contributed by atoms with van der Waals surface area (Å²) in [7, 11) is -7.39. The van der Waals surface area contributed by atoms with Crippen LogP contribution in [0.5, 0.6) is 0 Å². The summed E-state index contributed by atoms with van der Waals surface area (Å²) in [5.74, 6) is 0. The summed E-state index contributed by atoms with van der Waals surface area (Å²) in [6.45, 7) is 3.61. The molecule has 0 atom stereocenters. The zero-order valence-electron chi connectivity index (χ0n) is 13.8. The van der Waals surface area contributed by atoms with E-state index in [2.05, 4.69) is 4.72 Å². The van der Waals surface area contributed by atoms with Gasteiger partial charge in [0.2, 0.25) is 20.0 Å². The van der Waals surface area contributed by atoms with Gasteiger partial charge in [-0.2, -0.15) is 0 Å². The second-order valence-corrected chi connectivity index (χ2v) is 9.41. The number of hydrogen-bond acceptors (Lipinski definition) is 4. The second kappa shape index (κ2) is 7.43. The molecule has 0 amide bonds. The molecule has 25 heavy (non-hydrogen) atoms. The van der Waals surface area contributed by atoms with Crippen LogP contribution in [0, 0.1) is 13.8 Å². The van der Waals surface area contributed by atoms with E-state index in [0.717, 1.165) is 5.56 Å². The summed E-state index contributed by atoms with van der Waals surface area (Å²) >= 11 is 6.00. The van der Waals surface area contributed by atoms with E-state index in [9.17, 15) is 16.8 Å². The van der Waals surface area contributed by atoms with E-state index < -0.39 is 20.0 Å². The molecule has 0 aliphatic heterocycles. The number of hydrogen-bond donors (Lipinski definition) is 2. The van der Waals surface area contributed by atoms with Crippen molar-refractivity contribution in [3.8, 4) is 0 Å². The zero-order valence-corrected chi connectivity index (χ0v) is 16.2. The van der Waals surface area contributed by atoms with Crippen LogP contribution in [0.2, 0.25) is 5.02 Å².